The van der Waals surface area contributed by atoms with Crippen molar-refractivity contribution in [1.29, 1.82) is 0 Å². The topological polar surface area (TPSA) is 105 Å². The summed E-state index contributed by atoms with van der Waals surface area (Å²) in [5.74, 6) is -1.44. The van der Waals surface area contributed by atoms with E-state index in [9.17, 15) is 27.6 Å². The molecule has 1 saturated heterocycles. The molecule has 4 heterocycles. The van der Waals surface area contributed by atoms with Crippen LogP contribution in [0.25, 0.3) is 5.65 Å². The number of fused-ring (bicyclic) bond motifs is 1. The molecule has 0 bridgehead atoms. The fraction of sp³-hybridized carbons (Fsp3) is 0.345. The number of carbonyl (C=O) groups excluding carboxylic acids is 2. The standard InChI is InChI=1S/C29H30F3N7O3/c1-4-37-18(3)17(2)12-22(28(37)41)27(40)34-20-10-11-36(15-20)26-9-8-25-33-14-23(39(25)35-26)29(42)38(16-24(31)32)21-7-5-6-19(30)13-21/h5-9,12-14,20,24H,4,10-11,15-16H2,1-3H3,(H,34,40)/t20-/m0/s1. The van der Waals surface area contributed by atoms with Gasteiger partial charge in [0, 0.05) is 37.1 Å². The van der Waals surface area contributed by atoms with Crippen molar-refractivity contribution in [3.8, 4) is 0 Å². The zero-order valence-corrected chi connectivity index (χ0v) is 23.4. The summed E-state index contributed by atoms with van der Waals surface area (Å²) < 4.78 is 43.5. The first-order chi connectivity index (χ1) is 20.1. The highest BCUT2D eigenvalue weighted by Gasteiger charge is 2.29. The maximum Gasteiger partial charge on any atom is 0.278 e. The fourth-order valence-corrected chi connectivity index (χ4v) is 5.19. The molecule has 1 aliphatic rings. The lowest BCUT2D eigenvalue weighted by molar-refractivity contribution is 0.0932. The molecular formula is C29H30F3N7O3. The van der Waals surface area contributed by atoms with E-state index >= 15 is 0 Å². The first-order valence-corrected chi connectivity index (χ1v) is 13.5. The number of nitrogens with zero attached hydrogens (tertiary/aromatic N) is 6. The van der Waals surface area contributed by atoms with Gasteiger partial charge in [0.25, 0.3) is 23.8 Å². The van der Waals surface area contributed by atoms with Gasteiger partial charge in [0.05, 0.1) is 12.7 Å². The predicted octanol–water partition coefficient (Wildman–Crippen LogP) is 3.59. The second-order valence-corrected chi connectivity index (χ2v) is 10.2. The number of anilines is 2. The summed E-state index contributed by atoms with van der Waals surface area (Å²) in [6, 6.07) is 9.59. The molecule has 220 valence electrons. The van der Waals surface area contributed by atoms with Gasteiger partial charge >= 0.3 is 0 Å². The Bertz CT molecular complexity index is 1720. The van der Waals surface area contributed by atoms with Crippen LogP contribution in [-0.2, 0) is 6.54 Å². The van der Waals surface area contributed by atoms with Gasteiger partial charge in [-0.25, -0.2) is 22.7 Å². The predicted molar refractivity (Wildman–Crippen MR) is 151 cm³/mol. The first kappa shape index (κ1) is 28.8. The second kappa shape index (κ2) is 11.7. The Labute approximate surface area is 239 Å². The summed E-state index contributed by atoms with van der Waals surface area (Å²) in [6.07, 6.45) is -1.02. The Balaban J connectivity index is 1.36. The molecule has 1 aliphatic heterocycles. The zero-order valence-electron chi connectivity index (χ0n) is 23.4. The zero-order chi connectivity index (χ0) is 30.1. The number of alkyl halides is 2. The number of amides is 2. The Morgan fingerprint density at radius 3 is 2.67 bits per heavy atom. The molecule has 4 aromatic rings. The smallest absolute Gasteiger partial charge is 0.278 e. The van der Waals surface area contributed by atoms with Crippen molar-refractivity contribution in [3.05, 3.63) is 87.3 Å². The van der Waals surface area contributed by atoms with E-state index in [2.05, 4.69) is 15.4 Å². The van der Waals surface area contributed by atoms with Gasteiger partial charge in [0.1, 0.15) is 17.2 Å². The van der Waals surface area contributed by atoms with Crippen molar-refractivity contribution in [3.63, 3.8) is 0 Å². The van der Waals surface area contributed by atoms with Gasteiger partial charge in [0.15, 0.2) is 11.3 Å². The number of aromatic nitrogens is 4. The average Bonchev–Trinajstić information content (AvgIpc) is 3.60. The number of hydrogen-bond acceptors (Lipinski definition) is 6. The number of nitrogens with one attached hydrogen (secondary N) is 1. The Morgan fingerprint density at radius 2 is 1.95 bits per heavy atom. The number of aryl methyl sites for hydroxylation is 1. The van der Waals surface area contributed by atoms with Gasteiger partial charge in [-0.15, -0.1) is 5.10 Å². The van der Waals surface area contributed by atoms with Gasteiger partial charge in [0.2, 0.25) is 0 Å². The molecule has 42 heavy (non-hydrogen) atoms. The van der Waals surface area contributed by atoms with E-state index in [4.69, 9.17) is 0 Å². The van der Waals surface area contributed by atoms with Crippen LogP contribution in [0.15, 0.2) is 53.5 Å². The van der Waals surface area contributed by atoms with E-state index in [1.54, 1.807) is 22.8 Å². The van der Waals surface area contributed by atoms with Gasteiger partial charge in [-0.05, 0) is 69.2 Å². The maximum atomic E-state index is 13.8. The maximum absolute atomic E-state index is 13.8. The molecule has 1 fully saturated rings. The van der Waals surface area contributed by atoms with Crippen molar-refractivity contribution >= 4 is 29.0 Å². The second-order valence-electron chi connectivity index (χ2n) is 10.2. The number of benzene rings is 1. The largest absolute Gasteiger partial charge is 0.353 e. The van der Waals surface area contributed by atoms with Crippen LogP contribution in [0.1, 0.15) is 45.4 Å². The SMILES string of the molecule is CCn1c(C)c(C)cc(C(=O)N[C@H]2CCN(c3ccc4ncc(C(=O)N(CC(F)F)c5cccc(F)c5)n4n3)C2)c1=O. The van der Waals surface area contributed by atoms with E-state index in [1.807, 2.05) is 25.7 Å². The molecule has 13 heteroatoms. The molecule has 0 spiro atoms. The Kier molecular flexibility index (Phi) is 8.01. The van der Waals surface area contributed by atoms with Crippen LogP contribution < -0.4 is 20.7 Å². The number of hydrogen-bond donors (Lipinski definition) is 1. The number of halogens is 3. The average molecular weight is 582 g/mol. The van der Waals surface area contributed by atoms with Crippen molar-refractivity contribution < 1.29 is 22.8 Å². The summed E-state index contributed by atoms with van der Waals surface area (Å²) in [5.41, 5.74) is 1.66. The van der Waals surface area contributed by atoms with E-state index in [1.165, 1.54) is 22.8 Å². The van der Waals surface area contributed by atoms with Gasteiger partial charge in [-0.2, -0.15) is 0 Å². The van der Waals surface area contributed by atoms with Crippen molar-refractivity contribution in [2.75, 3.05) is 29.4 Å². The molecule has 5 rings (SSSR count). The number of carbonyl (C=O) groups is 2. The molecule has 1 atom stereocenters. The third-order valence-electron chi connectivity index (χ3n) is 7.47. The van der Waals surface area contributed by atoms with Crippen LogP contribution in [-0.4, -0.2) is 63.1 Å². The molecule has 10 nitrogen and oxygen atoms in total. The van der Waals surface area contributed by atoms with E-state index in [0.717, 1.165) is 28.3 Å². The minimum Gasteiger partial charge on any atom is -0.353 e. The summed E-state index contributed by atoms with van der Waals surface area (Å²) in [6.45, 7) is 6.01. The van der Waals surface area contributed by atoms with Crippen LogP contribution in [0.4, 0.5) is 24.7 Å². The monoisotopic (exact) mass is 581 g/mol. The molecule has 3 aromatic heterocycles. The molecule has 0 radical (unpaired) electrons. The van der Waals surface area contributed by atoms with E-state index in [0.29, 0.717) is 37.5 Å². The van der Waals surface area contributed by atoms with E-state index in [-0.39, 0.29) is 28.5 Å². The minimum atomic E-state index is -2.86. The number of pyridine rings is 1. The minimum absolute atomic E-state index is 0.0148. The highest BCUT2D eigenvalue weighted by molar-refractivity contribution is 6.05. The number of imidazole rings is 1. The van der Waals surface area contributed by atoms with Gasteiger partial charge in [-0.1, -0.05) is 6.07 Å². The van der Waals surface area contributed by atoms with Crippen molar-refractivity contribution in [1.82, 2.24) is 24.5 Å². The number of rotatable bonds is 8. The lowest BCUT2D eigenvalue weighted by atomic mass is 10.1. The molecule has 0 aliphatic carbocycles. The summed E-state index contributed by atoms with van der Waals surface area (Å²) in [5, 5.41) is 7.49. The lowest BCUT2D eigenvalue weighted by Crippen LogP contribution is -2.41. The van der Waals surface area contributed by atoms with Crippen LogP contribution >= 0.6 is 0 Å². The summed E-state index contributed by atoms with van der Waals surface area (Å²) in [7, 11) is 0. The van der Waals surface area contributed by atoms with Crippen LogP contribution in [0.2, 0.25) is 0 Å². The van der Waals surface area contributed by atoms with Crippen molar-refractivity contribution in [2.24, 2.45) is 0 Å². The first-order valence-electron chi connectivity index (χ1n) is 13.5. The molecule has 0 unspecified atom stereocenters. The lowest BCUT2D eigenvalue weighted by Gasteiger charge is -2.22. The fourth-order valence-electron chi connectivity index (χ4n) is 5.19. The molecule has 2 amide bonds. The van der Waals surface area contributed by atoms with Crippen LogP contribution in [0.3, 0.4) is 0 Å². The van der Waals surface area contributed by atoms with Crippen LogP contribution in [0.5, 0.6) is 0 Å². The summed E-state index contributed by atoms with van der Waals surface area (Å²) in [4.78, 5) is 46.2. The van der Waals surface area contributed by atoms with Crippen LogP contribution in [0, 0.1) is 19.7 Å². The Hall–Kier alpha value is -4.68. The highest BCUT2D eigenvalue weighted by Crippen LogP contribution is 2.23. The van der Waals surface area contributed by atoms with E-state index < -0.39 is 30.6 Å². The third-order valence-corrected chi connectivity index (χ3v) is 7.47. The molecular weight excluding hydrogens is 551 g/mol. The Morgan fingerprint density at radius 1 is 1.17 bits per heavy atom. The van der Waals surface area contributed by atoms with Crippen molar-refractivity contribution in [2.45, 2.75) is 46.2 Å². The van der Waals surface area contributed by atoms with Gasteiger partial charge in [-0.3, -0.25) is 14.4 Å². The van der Waals surface area contributed by atoms with Gasteiger partial charge < -0.3 is 19.7 Å². The normalized spacial score (nSPS) is 15.0. The molecule has 0 saturated carbocycles. The molecule has 1 N–H and O–H groups in total. The highest BCUT2D eigenvalue weighted by atomic mass is 19.3. The summed E-state index contributed by atoms with van der Waals surface area (Å²) >= 11 is 0. The third kappa shape index (κ3) is 5.58. The quantitative estimate of drug-likeness (QED) is 0.341. The molecule has 1 aromatic carbocycles.